The normalized spacial score (nSPS) is 15.6. The van der Waals surface area contributed by atoms with E-state index in [1.165, 1.54) is 22.3 Å². The number of ether oxygens (including phenoxy) is 1. The van der Waals surface area contributed by atoms with Gasteiger partial charge >= 0.3 is 5.97 Å². The molecule has 1 aromatic rings. The van der Waals surface area contributed by atoms with Gasteiger partial charge in [-0.05, 0) is 43.5 Å². The number of rotatable bonds is 8. The molecule has 1 aromatic carbocycles. The van der Waals surface area contributed by atoms with E-state index < -0.39 is 28.5 Å². The van der Waals surface area contributed by atoms with Crippen LogP contribution in [-0.4, -0.2) is 70.1 Å². The minimum Gasteiger partial charge on any atom is -0.452 e. The molecular formula is C19H27N3O6S. The molecule has 0 radical (unpaired) electrons. The van der Waals surface area contributed by atoms with Gasteiger partial charge in [0.15, 0.2) is 6.61 Å². The van der Waals surface area contributed by atoms with Crippen molar-refractivity contribution in [1.82, 2.24) is 10.2 Å². The Balaban J connectivity index is 1.96. The summed E-state index contributed by atoms with van der Waals surface area (Å²) in [5, 5.41) is 2.66. The molecule has 1 atom stereocenters. The van der Waals surface area contributed by atoms with E-state index in [1.807, 2.05) is 6.92 Å². The van der Waals surface area contributed by atoms with E-state index in [-0.39, 0.29) is 24.1 Å². The number of anilines is 1. The fourth-order valence-corrected chi connectivity index (χ4v) is 4.44. The predicted octanol–water partition coefficient (Wildman–Crippen LogP) is 0.539. The summed E-state index contributed by atoms with van der Waals surface area (Å²) in [5.41, 5.74) is 1.52. The zero-order valence-electron chi connectivity index (χ0n) is 17.1. The van der Waals surface area contributed by atoms with Gasteiger partial charge < -0.3 is 15.0 Å². The topological polar surface area (TPSA) is 113 Å². The fourth-order valence-electron chi connectivity index (χ4n) is 3.18. The molecule has 1 heterocycles. The number of amides is 2. The summed E-state index contributed by atoms with van der Waals surface area (Å²) in [5.74, 6) is -1.46. The van der Waals surface area contributed by atoms with Crippen molar-refractivity contribution < 1.29 is 27.5 Å². The largest absolute Gasteiger partial charge is 0.452 e. The van der Waals surface area contributed by atoms with Crippen LogP contribution in [0.25, 0.3) is 0 Å². The number of carbonyl (C=O) groups is 3. The molecule has 9 nitrogen and oxygen atoms in total. The highest BCUT2D eigenvalue weighted by Crippen LogP contribution is 2.34. The molecule has 0 unspecified atom stereocenters. The van der Waals surface area contributed by atoms with E-state index in [4.69, 9.17) is 4.74 Å². The number of esters is 1. The van der Waals surface area contributed by atoms with Crippen molar-refractivity contribution in [3.63, 3.8) is 0 Å². The second kappa shape index (κ2) is 9.25. The van der Waals surface area contributed by atoms with Crippen LogP contribution in [0, 0.1) is 0 Å². The van der Waals surface area contributed by atoms with E-state index in [0.717, 1.165) is 18.2 Å². The van der Waals surface area contributed by atoms with Crippen molar-refractivity contribution in [1.29, 1.82) is 0 Å². The molecule has 2 amide bonds. The lowest BCUT2D eigenvalue weighted by Gasteiger charge is -2.21. The van der Waals surface area contributed by atoms with Crippen molar-refractivity contribution in [2.75, 3.05) is 37.3 Å². The Morgan fingerprint density at radius 1 is 1.31 bits per heavy atom. The molecule has 0 spiro atoms. The van der Waals surface area contributed by atoms with Crippen LogP contribution in [0.1, 0.15) is 36.2 Å². The van der Waals surface area contributed by atoms with E-state index in [0.29, 0.717) is 18.7 Å². The molecule has 0 saturated carbocycles. The summed E-state index contributed by atoms with van der Waals surface area (Å²) >= 11 is 0. The Labute approximate surface area is 171 Å². The SMILES string of the molecule is CCCNC(=O)CN(C)C(=O)COC(=O)c1ccc2c(c1)C[C@@H](C)N2S(C)(=O)=O. The number of fused-ring (bicyclic) bond motifs is 1. The van der Waals surface area contributed by atoms with Gasteiger partial charge in [0.1, 0.15) is 0 Å². The molecule has 1 aliphatic rings. The number of likely N-dealkylation sites (N-methyl/N-ethyl adjacent to an activating group) is 1. The molecule has 0 aliphatic carbocycles. The molecule has 0 saturated heterocycles. The first-order valence-corrected chi connectivity index (χ1v) is 11.2. The number of nitrogens with one attached hydrogen (secondary N) is 1. The molecule has 160 valence electrons. The Bertz CT molecular complexity index is 899. The Morgan fingerprint density at radius 3 is 2.62 bits per heavy atom. The van der Waals surface area contributed by atoms with E-state index >= 15 is 0 Å². The zero-order valence-corrected chi connectivity index (χ0v) is 17.9. The number of nitrogens with zero attached hydrogens (tertiary/aromatic N) is 2. The molecule has 0 aromatic heterocycles. The van der Waals surface area contributed by atoms with Crippen molar-refractivity contribution in [2.45, 2.75) is 32.7 Å². The van der Waals surface area contributed by atoms with Gasteiger partial charge in [0, 0.05) is 19.6 Å². The molecule has 1 aliphatic heterocycles. The zero-order chi connectivity index (χ0) is 21.8. The highest BCUT2D eigenvalue weighted by atomic mass is 32.2. The lowest BCUT2D eigenvalue weighted by Crippen LogP contribution is -2.40. The highest BCUT2D eigenvalue weighted by molar-refractivity contribution is 7.92. The predicted molar refractivity (Wildman–Crippen MR) is 108 cm³/mol. The third-order valence-corrected chi connectivity index (χ3v) is 5.80. The average Bonchev–Trinajstić information content (AvgIpc) is 2.98. The quantitative estimate of drug-likeness (QED) is 0.608. The maximum Gasteiger partial charge on any atom is 0.338 e. The second-order valence-corrected chi connectivity index (χ2v) is 8.99. The average molecular weight is 426 g/mol. The van der Waals surface area contributed by atoms with Crippen molar-refractivity contribution in [3.8, 4) is 0 Å². The van der Waals surface area contributed by atoms with Crippen molar-refractivity contribution in [3.05, 3.63) is 29.3 Å². The molecular weight excluding hydrogens is 398 g/mol. The van der Waals surface area contributed by atoms with Crippen LogP contribution in [0.4, 0.5) is 5.69 Å². The summed E-state index contributed by atoms with van der Waals surface area (Å²) in [6, 6.07) is 4.40. The molecule has 0 fully saturated rings. The van der Waals surface area contributed by atoms with Gasteiger partial charge in [-0.1, -0.05) is 6.92 Å². The van der Waals surface area contributed by atoms with E-state index in [2.05, 4.69) is 5.32 Å². The van der Waals surface area contributed by atoms with Gasteiger partial charge in [-0.2, -0.15) is 0 Å². The number of sulfonamides is 1. The number of hydrogen-bond donors (Lipinski definition) is 1. The molecule has 10 heteroatoms. The van der Waals surface area contributed by atoms with Crippen molar-refractivity contribution >= 4 is 33.5 Å². The molecule has 0 bridgehead atoms. The fraction of sp³-hybridized carbons (Fsp3) is 0.526. The van der Waals surface area contributed by atoms with Gasteiger partial charge in [-0.15, -0.1) is 0 Å². The van der Waals surface area contributed by atoms with Gasteiger partial charge in [0.25, 0.3) is 5.91 Å². The third-order valence-electron chi connectivity index (χ3n) is 4.53. The van der Waals surface area contributed by atoms with Crippen LogP contribution < -0.4 is 9.62 Å². The van der Waals surface area contributed by atoms with Gasteiger partial charge in [-0.25, -0.2) is 13.2 Å². The first-order chi connectivity index (χ1) is 13.5. The number of hydrogen-bond acceptors (Lipinski definition) is 6. The van der Waals surface area contributed by atoms with Crippen LogP contribution in [0.15, 0.2) is 18.2 Å². The maximum absolute atomic E-state index is 12.3. The standard InChI is InChI=1S/C19H27N3O6S/c1-5-8-20-17(23)11-21(3)18(24)12-28-19(25)14-6-7-16-15(10-14)9-13(2)22(16)29(4,26)27/h6-7,10,13H,5,8-9,11-12H2,1-4H3,(H,20,23)/t13-/m1/s1. The minimum absolute atomic E-state index is 0.117. The summed E-state index contributed by atoms with van der Waals surface area (Å²) < 4.78 is 30.3. The van der Waals surface area contributed by atoms with Crippen LogP contribution in [0.3, 0.4) is 0 Å². The van der Waals surface area contributed by atoms with Gasteiger partial charge in [0.2, 0.25) is 15.9 Å². The van der Waals surface area contributed by atoms with E-state index in [1.54, 1.807) is 19.1 Å². The summed E-state index contributed by atoms with van der Waals surface area (Å²) in [4.78, 5) is 37.2. The first-order valence-electron chi connectivity index (χ1n) is 9.34. The lowest BCUT2D eigenvalue weighted by atomic mass is 10.1. The van der Waals surface area contributed by atoms with Gasteiger partial charge in [-0.3, -0.25) is 13.9 Å². The molecule has 2 rings (SSSR count). The maximum atomic E-state index is 12.3. The first kappa shape index (κ1) is 22.7. The van der Waals surface area contributed by atoms with E-state index in [9.17, 15) is 22.8 Å². The Morgan fingerprint density at radius 2 is 2.00 bits per heavy atom. The second-order valence-electron chi connectivity index (χ2n) is 7.13. The highest BCUT2D eigenvalue weighted by Gasteiger charge is 2.33. The van der Waals surface area contributed by atoms with Gasteiger partial charge in [0.05, 0.1) is 24.1 Å². The van der Waals surface area contributed by atoms with Crippen LogP contribution in [0.2, 0.25) is 0 Å². The minimum atomic E-state index is -3.41. The summed E-state index contributed by atoms with van der Waals surface area (Å²) in [6.45, 7) is 3.65. The van der Waals surface area contributed by atoms with Crippen molar-refractivity contribution in [2.24, 2.45) is 0 Å². The smallest absolute Gasteiger partial charge is 0.338 e. The monoisotopic (exact) mass is 425 g/mol. The van der Waals surface area contributed by atoms with Crippen LogP contribution in [-0.2, 0) is 30.8 Å². The molecule has 1 N–H and O–H groups in total. The summed E-state index contributed by atoms with van der Waals surface area (Å²) in [7, 11) is -1.95. The third kappa shape index (κ3) is 5.69. The number of benzene rings is 1. The Kier molecular flexibility index (Phi) is 7.23. The lowest BCUT2D eigenvalue weighted by molar-refractivity contribution is -0.137. The number of carbonyl (C=O) groups excluding carboxylic acids is 3. The van der Waals surface area contributed by atoms with Crippen LogP contribution >= 0.6 is 0 Å². The molecule has 29 heavy (non-hydrogen) atoms. The summed E-state index contributed by atoms with van der Waals surface area (Å²) in [6.07, 6.45) is 2.42. The van der Waals surface area contributed by atoms with Crippen LogP contribution in [0.5, 0.6) is 0 Å². The Hall–Kier alpha value is -2.62.